The number of anilines is 2. The number of benzene rings is 1. The molecule has 0 saturated carbocycles. The Balaban J connectivity index is 2.43. The Morgan fingerprint density at radius 2 is 2.20 bits per heavy atom. The van der Waals surface area contributed by atoms with Crippen molar-refractivity contribution in [2.45, 2.75) is 13.3 Å². The van der Waals surface area contributed by atoms with E-state index in [2.05, 4.69) is 5.32 Å². The number of nitrogens with zero attached hydrogens (tertiary/aromatic N) is 1. The minimum Gasteiger partial charge on any atom is -0.382 e. The molecule has 15 heavy (non-hydrogen) atoms. The molecule has 0 saturated heterocycles. The molecule has 1 heterocycles. The standard InChI is InChI=1S/C11H14F2N2/c1-2-6-15-7-5-14-9-4-3-8(12)10(13)11(9)15/h3-4,14H,2,5-7H2,1H3. The van der Waals surface area contributed by atoms with Crippen molar-refractivity contribution in [1.82, 2.24) is 0 Å². The van der Waals surface area contributed by atoms with E-state index >= 15 is 0 Å². The molecule has 82 valence electrons. The van der Waals surface area contributed by atoms with Gasteiger partial charge in [0.1, 0.15) is 0 Å². The summed E-state index contributed by atoms with van der Waals surface area (Å²) in [5, 5.41) is 3.07. The molecule has 0 aliphatic carbocycles. The Morgan fingerprint density at radius 1 is 1.40 bits per heavy atom. The van der Waals surface area contributed by atoms with Crippen LogP contribution in [-0.2, 0) is 0 Å². The second-order valence-corrected chi connectivity index (χ2v) is 3.67. The molecule has 1 aliphatic heterocycles. The summed E-state index contributed by atoms with van der Waals surface area (Å²) in [6.07, 6.45) is 0.926. The fourth-order valence-corrected chi connectivity index (χ4v) is 1.92. The molecule has 0 unspecified atom stereocenters. The van der Waals surface area contributed by atoms with Crippen LogP contribution in [-0.4, -0.2) is 19.6 Å². The van der Waals surface area contributed by atoms with Gasteiger partial charge in [0.2, 0.25) is 0 Å². The molecule has 0 aromatic heterocycles. The van der Waals surface area contributed by atoms with E-state index in [-0.39, 0.29) is 0 Å². The minimum atomic E-state index is -0.779. The summed E-state index contributed by atoms with van der Waals surface area (Å²) in [5.74, 6) is -1.52. The van der Waals surface area contributed by atoms with Gasteiger partial charge < -0.3 is 10.2 Å². The normalized spacial score (nSPS) is 14.7. The highest BCUT2D eigenvalue weighted by Gasteiger charge is 2.22. The molecular formula is C11H14F2N2. The van der Waals surface area contributed by atoms with E-state index in [0.29, 0.717) is 11.4 Å². The lowest BCUT2D eigenvalue weighted by Gasteiger charge is -2.32. The van der Waals surface area contributed by atoms with Gasteiger partial charge in [-0.3, -0.25) is 0 Å². The maximum Gasteiger partial charge on any atom is 0.184 e. The van der Waals surface area contributed by atoms with Gasteiger partial charge in [-0.25, -0.2) is 8.78 Å². The average molecular weight is 212 g/mol. The first kappa shape index (κ1) is 10.2. The molecule has 0 atom stereocenters. The summed E-state index contributed by atoms with van der Waals surface area (Å²) >= 11 is 0. The first-order valence-corrected chi connectivity index (χ1v) is 5.21. The van der Waals surface area contributed by atoms with Crippen LogP contribution in [0.25, 0.3) is 0 Å². The van der Waals surface area contributed by atoms with Gasteiger partial charge in [0, 0.05) is 19.6 Å². The van der Waals surface area contributed by atoms with Gasteiger partial charge in [0.15, 0.2) is 11.6 Å². The van der Waals surface area contributed by atoms with Crippen LogP contribution in [0.15, 0.2) is 12.1 Å². The van der Waals surface area contributed by atoms with Crippen molar-refractivity contribution in [2.75, 3.05) is 29.9 Å². The van der Waals surface area contributed by atoms with Gasteiger partial charge in [-0.05, 0) is 18.6 Å². The summed E-state index contributed by atoms with van der Waals surface area (Å²) < 4.78 is 26.7. The van der Waals surface area contributed by atoms with Crippen LogP contribution in [0.5, 0.6) is 0 Å². The van der Waals surface area contributed by atoms with E-state index in [1.807, 2.05) is 11.8 Å². The van der Waals surface area contributed by atoms with Crippen LogP contribution in [0.1, 0.15) is 13.3 Å². The summed E-state index contributed by atoms with van der Waals surface area (Å²) in [5.41, 5.74) is 1.07. The van der Waals surface area contributed by atoms with E-state index in [1.165, 1.54) is 0 Å². The van der Waals surface area contributed by atoms with Crippen molar-refractivity contribution >= 4 is 11.4 Å². The molecule has 4 heteroatoms. The molecule has 0 bridgehead atoms. The first-order chi connectivity index (χ1) is 7.24. The van der Waals surface area contributed by atoms with Gasteiger partial charge in [-0.1, -0.05) is 6.92 Å². The first-order valence-electron chi connectivity index (χ1n) is 5.21. The zero-order chi connectivity index (χ0) is 10.8. The molecule has 2 nitrogen and oxygen atoms in total. The number of hydrogen-bond acceptors (Lipinski definition) is 2. The summed E-state index contributed by atoms with van der Waals surface area (Å²) in [6.45, 7) is 4.28. The zero-order valence-electron chi connectivity index (χ0n) is 8.69. The van der Waals surface area contributed by atoms with Gasteiger partial charge in [0.05, 0.1) is 11.4 Å². The highest BCUT2D eigenvalue weighted by atomic mass is 19.2. The Kier molecular flexibility index (Phi) is 2.75. The third-order valence-corrected chi connectivity index (χ3v) is 2.58. The Labute approximate surface area is 87.9 Å². The lowest BCUT2D eigenvalue weighted by Crippen LogP contribution is -2.35. The molecule has 2 rings (SSSR count). The maximum atomic E-state index is 13.6. The van der Waals surface area contributed by atoms with E-state index in [9.17, 15) is 8.78 Å². The molecule has 0 amide bonds. The fourth-order valence-electron chi connectivity index (χ4n) is 1.92. The van der Waals surface area contributed by atoms with Gasteiger partial charge >= 0.3 is 0 Å². The molecule has 1 aliphatic rings. The highest BCUT2D eigenvalue weighted by Crippen LogP contribution is 2.33. The SMILES string of the molecule is CCCN1CCNc2ccc(F)c(F)c21. The maximum absolute atomic E-state index is 13.6. The predicted octanol–water partition coefficient (Wildman–Crippen LogP) is 2.61. The van der Waals surface area contributed by atoms with Crippen LogP contribution in [0.2, 0.25) is 0 Å². The van der Waals surface area contributed by atoms with E-state index in [0.717, 1.165) is 32.1 Å². The molecule has 1 aromatic carbocycles. The number of fused-ring (bicyclic) bond motifs is 1. The summed E-state index contributed by atoms with van der Waals surface area (Å²) in [6, 6.07) is 2.76. The molecule has 0 fully saturated rings. The monoisotopic (exact) mass is 212 g/mol. The topological polar surface area (TPSA) is 15.3 Å². The van der Waals surface area contributed by atoms with Crippen molar-refractivity contribution in [3.8, 4) is 0 Å². The van der Waals surface area contributed by atoms with Crippen molar-refractivity contribution < 1.29 is 8.78 Å². The number of hydrogen-bond donors (Lipinski definition) is 1. The molecule has 0 radical (unpaired) electrons. The number of halogens is 2. The van der Waals surface area contributed by atoms with Crippen molar-refractivity contribution in [2.24, 2.45) is 0 Å². The summed E-state index contributed by atoms with van der Waals surface area (Å²) in [7, 11) is 0. The quantitative estimate of drug-likeness (QED) is 0.810. The Morgan fingerprint density at radius 3 is 2.93 bits per heavy atom. The third kappa shape index (κ3) is 1.76. The lowest BCUT2D eigenvalue weighted by molar-refractivity contribution is 0.505. The van der Waals surface area contributed by atoms with Crippen molar-refractivity contribution in [3.63, 3.8) is 0 Å². The average Bonchev–Trinajstić information content (AvgIpc) is 2.24. The van der Waals surface area contributed by atoms with E-state index in [4.69, 9.17) is 0 Å². The third-order valence-electron chi connectivity index (χ3n) is 2.58. The molecule has 0 spiro atoms. The van der Waals surface area contributed by atoms with Crippen molar-refractivity contribution in [1.29, 1.82) is 0 Å². The molecule has 1 N–H and O–H groups in total. The highest BCUT2D eigenvalue weighted by molar-refractivity contribution is 5.72. The smallest absolute Gasteiger partial charge is 0.184 e. The minimum absolute atomic E-state index is 0.378. The van der Waals surface area contributed by atoms with Gasteiger partial charge in [0.25, 0.3) is 0 Å². The predicted molar refractivity (Wildman–Crippen MR) is 57.4 cm³/mol. The van der Waals surface area contributed by atoms with Crippen LogP contribution in [0, 0.1) is 11.6 Å². The molecular weight excluding hydrogens is 198 g/mol. The largest absolute Gasteiger partial charge is 0.382 e. The number of rotatable bonds is 2. The fraction of sp³-hybridized carbons (Fsp3) is 0.455. The van der Waals surface area contributed by atoms with Crippen LogP contribution in [0.3, 0.4) is 0 Å². The van der Waals surface area contributed by atoms with E-state index < -0.39 is 11.6 Å². The number of nitrogens with one attached hydrogen (secondary N) is 1. The lowest BCUT2D eigenvalue weighted by atomic mass is 10.1. The van der Waals surface area contributed by atoms with Crippen LogP contribution < -0.4 is 10.2 Å². The van der Waals surface area contributed by atoms with Crippen LogP contribution >= 0.6 is 0 Å². The van der Waals surface area contributed by atoms with Crippen LogP contribution in [0.4, 0.5) is 20.2 Å². The summed E-state index contributed by atoms with van der Waals surface area (Å²) in [4.78, 5) is 1.89. The van der Waals surface area contributed by atoms with Gasteiger partial charge in [-0.2, -0.15) is 0 Å². The van der Waals surface area contributed by atoms with Crippen molar-refractivity contribution in [3.05, 3.63) is 23.8 Å². The van der Waals surface area contributed by atoms with Gasteiger partial charge in [-0.15, -0.1) is 0 Å². The molecule has 1 aromatic rings. The Hall–Kier alpha value is -1.32. The zero-order valence-corrected chi connectivity index (χ0v) is 8.69. The van der Waals surface area contributed by atoms with E-state index in [1.54, 1.807) is 6.07 Å². The Bertz CT molecular complexity index is 366. The second kappa shape index (κ2) is 4.04. The second-order valence-electron chi connectivity index (χ2n) is 3.67.